The molecule has 8 nitrogen and oxygen atoms in total. The second-order valence-corrected chi connectivity index (χ2v) is 6.78. The predicted molar refractivity (Wildman–Crippen MR) is 74.7 cm³/mol. The predicted octanol–water partition coefficient (Wildman–Crippen LogP) is -1.10. The summed E-state index contributed by atoms with van der Waals surface area (Å²) in [5.41, 5.74) is 5.23. The van der Waals surface area contributed by atoms with Gasteiger partial charge in [-0.05, 0) is 19.3 Å². The summed E-state index contributed by atoms with van der Waals surface area (Å²) in [5.74, 6) is -1.58. The average molecular weight is 315 g/mol. The van der Waals surface area contributed by atoms with Crippen LogP contribution in [0.25, 0.3) is 0 Å². The van der Waals surface area contributed by atoms with Gasteiger partial charge in [-0.1, -0.05) is 6.08 Å². The van der Waals surface area contributed by atoms with Crippen LogP contribution in [0.4, 0.5) is 0 Å². The molecular formula is C12H17N3O5S. The highest BCUT2D eigenvalue weighted by molar-refractivity contribution is 8.06. The smallest absolute Gasteiger partial charge is 0.265 e. The van der Waals surface area contributed by atoms with E-state index in [-0.39, 0.29) is 19.4 Å². The molecule has 0 aliphatic carbocycles. The molecule has 0 saturated carbocycles. The van der Waals surface area contributed by atoms with E-state index in [1.54, 1.807) is 0 Å². The summed E-state index contributed by atoms with van der Waals surface area (Å²) in [4.78, 5) is 26.9. The molecule has 2 unspecified atom stereocenters. The molecule has 1 amide bonds. The maximum atomic E-state index is 12.6. The number of hydrogen-bond acceptors (Lipinski definition) is 6. The third-order valence-electron chi connectivity index (χ3n) is 3.49. The van der Waals surface area contributed by atoms with Crippen molar-refractivity contribution in [2.75, 3.05) is 6.54 Å². The van der Waals surface area contributed by atoms with Crippen LogP contribution in [0.5, 0.6) is 0 Å². The lowest BCUT2D eigenvalue weighted by atomic mass is 10.1. The van der Waals surface area contributed by atoms with Gasteiger partial charge >= 0.3 is 0 Å². The summed E-state index contributed by atoms with van der Waals surface area (Å²) in [7, 11) is -4.26. The Balaban J connectivity index is 2.44. The summed E-state index contributed by atoms with van der Waals surface area (Å²) < 4.78 is 26.0. The molecular weight excluding hydrogens is 298 g/mol. The van der Waals surface area contributed by atoms with Crippen molar-refractivity contribution in [3.05, 3.63) is 12.3 Å². The molecule has 1 fully saturated rings. The summed E-state index contributed by atoms with van der Waals surface area (Å²) in [5, 5.41) is 9.37. The molecule has 2 atom stereocenters. The minimum absolute atomic E-state index is 0.0169. The van der Waals surface area contributed by atoms with Gasteiger partial charge < -0.3 is 10.8 Å². The van der Waals surface area contributed by atoms with E-state index in [9.17, 15) is 23.1 Å². The molecule has 0 aromatic carbocycles. The number of allylic oxidation sites excluding steroid dienone is 1. The first-order chi connectivity index (χ1) is 9.85. The van der Waals surface area contributed by atoms with Gasteiger partial charge in [0.1, 0.15) is 6.04 Å². The quantitative estimate of drug-likeness (QED) is 0.668. The third-order valence-corrected chi connectivity index (χ3v) is 5.34. The van der Waals surface area contributed by atoms with Crippen molar-refractivity contribution in [2.24, 2.45) is 10.7 Å². The van der Waals surface area contributed by atoms with E-state index in [0.717, 1.165) is 4.31 Å². The minimum atomic E-state index is -4.26. The first-order valence-electron chi connectivity index (χ1n) is 6.61. The Morgan fingerprint density at radius 2 is 2.14 bits per heavy atom. The van der Waals surface area contributed by atoms with Gasteiger partial charge in [0, 0.05) is 19.2 Å². The highest BCUT2D eigenvalue weighted by atomic mass is 32.2. The molecule has 0 spiro atoms. The molecule has 9 heteroatoms. The lowest BCUT2D eigenvalue weighted by Crippen LogP contribution is -2.55. The fourth-order valence-electron chi connectivity index (χ4n) is 2.47. The van der Waals surface area contributed by atoms with Crippen LogP contribution in [0.15, 0.2) is 17.3 Å². The van der Waals surface area contributed by atoms with E-state index in [1.165, 1.54) is 12.3 Å². The second-order valence-electron chi connectivity index (χ2n) is 4.97. The maximum absolute atomic E-state index is 12.6. The number of aliphatic hydroxyl groups excluding tert-OH is 1. The van der Waals surface area contributed by atoms with E-state index >= 15 is 0 Å². The van der Waals surface area contributed by atoms with Crippen LogP contribution in [0.3, 0.4) is 0 Å². The van der Waals surface area contributed by atoms with E-state index in [1.807, 2.05) is 0 Å². The van der Waals surface area contributed by atoms with Gasteiger partial charge in [0.2, 0.25) is 11.0 Å². The number of ketones is 1. The molecule has 2 heterocycles. The molecule has 2 aliphatic rings. The molecule has 2 rings (SSSR count). The van der Waals surface area contributed by atoms with Gasteiger partial charge in [0.25, 0.3) is 10.0 Å². The molecule has 2 aliphatic heterocycles. The van der Waals surface area contributed by atoms with Gasteiger partial charge in [-0.3, -0.25) is 9.59 Å². The second kappa shape index (κ2) is 6.04. The SMILES string of the molecule is NC(=O)C1C(O)CCCCN1S(=O)(=O)C1=NC=CCC1=O. The Morgan fingerprint density at radius 3 is 2.76 bits per heavy atom. The lowest BCUT2D eigenvalue weighted by molar-refractivity contribution is -0.124. The van der Waals surface area contributed by atoms with Crippen LogP contribution in [0.1, 0.15) is 25.7 Å². The minimum Gasteiger partial charge on any atom is -0.391 e. The molecule has 21 heavy (non-hydrogen) atoms. The Morgan fingerprint density at radius 1 is 1.43 bits per heavy atom. The van der Waals surface area contributed by atoms with E-state index in [0.29, 0.717) is 12.8 Å². The highest BCUT2D eigenvalue weighted by Gasteiger charge is 2.43. The third kappa shape index (κ3) is 3.04. The topological polar surface area (TPSA) is 130 Å². The summed E-state index contributed by atoms with van der Waals surface area (Å²) >= 11 is 0. The number of sulfonamides is 1. The lowest BCUT2D eigenvalue weighted by Gasteiger charge is -2.29. The van der Waals surface area contributed by atoms with E-state index < -0.39 is 38.9 Å². The van der Waals surface area contributed by atoms with Crippen LogP contribution in [0, 0.1) is 0 Å². The number of carbonyl (C=O) groups is 2. The Bertz CT molecular complexity index is 610. The van der Waals surface area contributed by atoms with Crippen molar-refractivity contribution >= 4 is 26.8 Å². The van der Waals surface area contributed by atoms with Crippen molar-refractivity contribution in [3.63, 3.8) is 0 Å². The first kappa shape index (κ1) is 15.8. The first-order valence-corrected chi connectivity index (χ1v) is 8.05. The number of amides is 1. The van der Waals surface area contributed by atoms with Crippen molar-refractivity contribution in [3.8, 4) is 0 Å². The van der Waals surface area contributed by atoms with Gasteiger partial charge in [-0.15, -0.1) is 0 Å². The molecule has 3 N–H and O–H groups in total. The number of nitrogens with two attached hydrogens (primary N) is 1. The largest absolute Gasteiger partial charge is 0.391 e. The van der Waals surface area contributed by atoms with Crippen LogP contribution in [-0.2, 0) is 19.6 Å². The van der Waals surface area contributed by atoms with E-state index in [2.05, 4.69) is 4.99 Å². The number of primary amides is 1. The molecule has 0 bridgehead atoms. The summed E-state index contributed by atoms with van der Waals surface area (Å²) in [6.07, 6.45) is 2.76. The van der Waals surface area contributed by atoms with Gasteiger partial charge in [-0.2, -0.15) is 4.31 Å². The molecule has 0 aromatic rings. The van der Waals surface area contributed by atoms with Crippen molar-refractivity contribution in [1.29, 1.82) is 0 Å². The monoisotopic (exact) mass is 315 g/mol. The number of aliphatic hydroxyl groups is 1. The highest BCUT2D eigenvalue weighted by Crippen LogP contribution is 2.22. The molecule has 0 aromatic heterocycles. The maximum Gasteiger partial charge on any atom is 0.265 e. The van der Waals surface area contributed by atoms with Crippen molar-refractivity contribution < 1.29 is 23.1 Å². The van der Waals surface area contributed by atoms with Crippen LogP contribution < -0.4 is 5.73 Å². The summed E-state index contributed by atoms with van der Waals surface area (Å²) in [6, 6.07) is -1.38. The van der Waals surface area contributed by atoms with Crippen LogP contribution in [-0.4, -0.2) is 53.3 Å². The Kier molecular flexibility index (Phi) is 4.55. The zero-order valence-corrected chi connectivity index (χ0v) is 12.1. The number of hydrogen-bond donors (Lipinski definition) is 2. The molecule has 1 saturated heterocycles. The number of aliphatic imine (C=N–C) groups is 1. The van der Waals surface area contributed by atoms with Crippen molar-refractivity contribution in [1.82, 2.24) is 4.31 Å². The standard InChI is InChI=1S/C12H17N3O5S/c13-11(18)10-8(16)4-1-2-7-15(10)21(19,20)12-9(17)5-3-6-14-12/h3,6,8,10,16H,1-2,4-5,7H2,(H2,13,18). The average Bonchev–Trinajstić information content (AvgIpc) is 2.61. The molecule has 116 valence electrons. The van der Waals surface area contributed by atoms with Gasteiger partial charge in [0.15, 0.2) is 5.78 Å². The Labute approximate surface area is 122 Å². The van der Waals surface area contributed by atoms with Crippen LogP contribution in [0.2, 0.25) is 0 Å². The van der Waals surface area contributed by atoms with Crippen LogP contribution >= 0.6 is 0 Å². The number of carbonyl (C=O) groups excluding carboxylic acids is 2. The Hall–Kier alpha value is -1.58. The molecule has 0 radical (unpaired) electrons. The zero-order valence-electron chi connectivity index (χ0n) is 11.3. The fraction of sp³-hybridized carbons (Fsp3) is 0.583. The number of nitrogens with zero attached hydrogens (tertiary/aromatic N) is 2. The fourth-order valence-corrected chi connectivity index (χ4v) is 4.17. The van der Waals surface area contributed by atoms with E-state index in [4.69, 9.17) is 5.73 Å². The number of rotatable bonds is 2. The summed E-state index contributed by atoms with van der Waals surface area (Å²) in [6.45, 7) is 0.0169. The normalized spacial score (nSPS) is 28.0. The van der Waals surface area contributed by atoms with Gasteiger partial charge in [-0.25, -0.2) is 13.4 Å². The number of Topliss-reactive ketones (excluding diaryl/α,β-unsaturated/α-hetero) is 1. The zero-order chi connectivity index (χ0) is 15.6. The van der Waals surface area contributed by atoms with Crippen molar-refractivity contribution in [2.45, 2.75) is 37.8 Å². The van der Waals surface area contributed by atoms with Gasteiger partial charge in [0.05, 0.1) is 6.10 Å².